The van der Waals surface area contributed by atoms with Crippen LogP contribution in [0.4, 0.5) is 0 Å². The number of benzene rings is 1. The second-order valence-electron chi connectivity index (χ2n) is 6.16. The van der Waals surface area contributed by atoms with Crippen molar-refractivity contribution < 1.29 is 4.79 Å². The van der Waals surface area contributed by atoms with Crippen LogP contribution < -0.4 is 16.0 Å². The van der Waals surface area contributed by atoms with Gasteiger partial charge in [-0.3, -0.25) is 4.79 Å². The number of carbonyl (C=O) groups excluding carboxylic acids is 1. The molecule has 1 aromatic rings. The van der Waals surface area contributed by atoms with Gasteiger partial charge in [0.2, 0.25) is 0 Å². The van der Waals surface area contributed by atoms with E-state index in [0.29, 0.717) is 15.1 Å². The maximum Gasteiger partial charge on any atom is 0.267 e. The number of amides is 1. The molecule has 2 unspecified atom stereocenters. The predicted octanol–water partition coefficient (Wildman–Crippen LogP) is 2.61. The third-order valence-electron chi connectivity index (χ3n) is 4.78. The van der Waals surface area contributed by atoms with E-state index in [9.17, 15) is 4.79 Å². The van der Waals surface area contributed by atoms with Crippen molar-refractivity contribution in [1.82, 2.24) is 16.0 Å². The van der Waals surface area contributed by atoms with Crippen LogP contribution in [-0.2, 0) is 11.2 Å². The van der Waals surface area contributed by atoms with E-state index in [0.717, 1.165) is 6.42 Å². The molecule has 7 heteroatoms. The number of rotatable bonds is 3. The number of nitrogens with one attached hydrogen (secondary N) is 3. The molecular formula is C17H17Cl2N3OS. The van der Waals surface area contributed by atoms with Crippen molar-refractivity contribution >= 4 is 40.9 Å². The van der Waals surface area contributed by atoms with Crippen LogP contribution in [0, 0.1) is 0 Å². The molecule has 0 spiro atoms. The van der Waals surface area contributed by atoms with E-state index >= 15 is 0 Å². The number of thioether (sulfide) groups is 1. The van der Waals surface area contributed by atoms with Crippen LogP contribution in [0.3, 0.4) is 0 Å². The summed E-state index contributed by atoms with van der Waals surface area (Å²) < 4.78 is 0.608. The molecule has 4 rings (SSSR count). The number of fused-ring (bicyclic) bond motifs is 2. The Kier molecular flexibility index (Phi) is 4.29. The standard InChI is InChI=1S/C17H17Cl2N3OS/c1-20-14-9-5-3-2-4-8(9)6-10(14)22-17(23)11-7-12-15(21-11)13(18)16(19)24-12/h2-5,7,10,12,14-15,20-21H,6H2,1H3,(H,22,23)/t10-,12?,14-,15?/m1/s1. The number of hydrogen-bond acceptors (Lipinski definition) is 4. The van der Waals surface area contributed by atoms with Gasteiger partial charge in [-0.1, -0.05) is 47.5 Å². The van der Waals surface area contributed by atoms with Crippen molar-refractivity contribution in [1.29, 1.82) is 0 Å². The fraction of sp³-hybridized carbons (Fsp3) is 0.353. The molecule has 0 radical (unpaired) electrons. The first-order valence-corrected chi connectivity index (χ1v) is 9.48. The summed E-state index contributed by atoms with van der Waals surface area (Å²) in [6, 6.07) is 8.36. The molecule has 3 N–H and O–H groups in total. The highest BCUT2D eigenvalue weighted by Crippen LogP contribution is 2.45. The summed E-state index contributed by atoms with van der Waals surface area (Å²) in [5.74, 6) is -0.0938. The summed E-state index contributed by atoms with van der Waals surface area (Å²) in [6.45, 7) is 0. The lowest BCUT2D eigenvalue weighted by atomic mass is 10.1. The molecule has 0 aromatic heterocycles. The van der Waals surface area contributed by atoms with Crippen LogP contribution in [0.25, 0.3) is 0 Å². The number of carbonyl (C=O) groups is 1. The van der Waals surface area contributed by atoms with Crippen LogP contribution in [0.1, 0.15) is 17.2 Å². The Morgan fingerprint density at radius 2 is 2.12 bits per heavy atom. The lowest BCUT2D eigenvalue weighted by Gasteiger charge is -2.22. The summed E-state index contributed by atoms with van der Waals surface area (Å²) in [5.41, 5.74) is 3.11. The summed E-state index contributed by atoms with van der Waals surface area (Å²) in [6.07, 6.45) is 2.74. The average molecular weight is 382 g/mol. The van der Waals surface area contributed by atoms with E-state index in [1.54, 1.807) is 0 Å². The van der Waals surface area contributed by atoms with E-state index in [-0.39, 0.29) is 29.3 Å². The first kappa shape index (κ1) is 16.3. The monoisotopic (exact) mass is 381 g/mol. The van der Waals surface area contributed by atoms with E-state index in [1.165, 1.54) is 22.9 Å². The van der Waals surface area contributed by atoms with Crippen LogP contribution in [0.5, 0.6) is 0 Å². The molecule has 3 aliphatic rings. The molecule has 2 aliphatic heterocycles. The molecular weight excluding hydrogens is 365 g/mol. The van der Waals surface area contributed by atoms with Crippen molar-refractivity contribution in [2.45, 2.75) is 29.8 Å². The molecule has 0 saturated heterocycles. The molecule has 4 atom stereocenters. The molecule has 1 amide bonds. The molecule has 4 nitrogen and oxygen atoms in total. The second-order valence-corrected chi connectivity index (χ2v) is 8.35. The molecule has 2 heterocycles. The van der Waals surface area contributed by atoms with E-state index < -0.39 is 0 Å². The van der Waals surface area contributed by atoms with Crippen LogP contribution in [-0.4, -0.2) is 30.3 Å². The maximum absolute atomic E-state index is 12.7. The Morgan fingerprint density at radius 1 is 1.33 bits per heavy atom. The quantitative estimate of drug-likeness (QED) is 0.753. The highest BCUT2D eigenvalue weighted by molar-refractivity contribution is 8.05. The number of halogens is 2. The van der Waals surface area contributed by atoms with Gasteiger partial charge in [0.15, 0.2) is 0 Å². The molecule has 24 heavy (non-hydrogen) atoms. The SMILES string of the molecule is CN[C@@H]1c2ccccc2C[C@H]1NC(=O)C1=CC2SC(Cl)=C(Cl)C2N1. The van der Waals surface area contributed by atoms with Crippen LogP contribution >= 0.6 is 35.0 Å². The van der Waals surface area contributed by atoms with Crippen molar-refractivity contribution in [3.05, 3.63) is 56.6 Å². The van der Waals surface area contributed by atoms with E-state index in [4.69, 9.17) is 23.2 Å². The predicted molar refractivity (Wildman–Crippen MR) is 99.0 cm³/mol. The minimum Gasteiger partial charge on any atom is -0.372 e. The minimum atomic E-state index is -0.0938. The van der Waals surface area contributed by atoms with Gasteiger partial charge < -0.3 is 16.0 Å². The van der Waals surface area contributed by atoms with Crippen LogP contribution in [0.15, 0.2) is 45.4 Å². The number of hydrogen-bond donors (Lipinski definition) is 3. The zero-order chi connectivity index (χ0) is 16.8. The molecule has 0 saturated carbocycles. The zero-order valence-corrected chi connectivity index (χ0v) is 15.3. The zero-order valence-electron chi connectivity index (χ0n) is 13.0. The third-order valence-corrected chi connectivity index (χ3v) is 6.99. The second kappa shape index (κ2) is 6.30. The Labute approximate surface area is 155 Å². The third kappa shape index (κ3) is 2.64. The van der Waals surface area contributed by atoms with Crippen molar-refractivity contribution in [3.63, 3.8) is 0 Å². The fourth-order valence-corrected chi connectivity index (χ4v) is 5.49. The van der Waals surface area contributed by atoms with Gasteiger partial charge >= 0.3 is 0 Å². The first-order valence-electron chi connectivity index (χ1n) is 7.84. The first-order chi connectivity index (χ1) is 11.6. The molecule has 126 valence electrons. The average Bonchev–Trinajstić information content (AvgIpc) is 3.21. The van der Waals surface area contributed by atoms with Crippen molar-refractivity contribution in [2.75, 3.05) is 7.05 Å². The van der Waals surface area contributed by atoms with E-state index in [2.05, 4.69) is 28.1 Å². The summed E-state index contributed by atoms with van der Waals surface area (Å²) >= 11 is 13.7. The van der Waals surface area contributed by atoms with E-state index in [1.807, 2.05) is 25.3 Å². The van der Waals surface area contributed by atoms with Gasteiger partial charge in [0.25, 0.3) is 5.91 Å². The lowest BCUT2D eigenvalue weighted by Crippen LogP contribution is -2.44. The highest BCUT2D eigenvalue weighted by atomic mass is 35.5. The van der Waals surface area contributed by atoms with Gasteiger partial charge in [0.05, 0.1) is 38.5 Å². The van der Waals surface area contributed by atoms with Crippen molar-refractivity contribution in [3.8, 4) is 0 Å². The summed E-state index contributed by atoms with van der Waals surface area (Å²) in [7, 11) is 1.92. The molecule has 1 aromatic carbocycles. The summed E-state index contributed by atoms with van der Waals surface area (Å²) in [4.78, 5) is 12.7. The summed E-state index contributed by atoms with van der Waals surface area (Å²) in [5, 5.41) is 10.3. The Morgan fingerprint density at radius 3 is 2.88 bits per heavy atom. The van der Waals surface area contributed by atoms with Crippen LogP contribution in [0.2, 0.25) is 0 Å². The maximum atomic E-state index is 12.7. The van der Waals surface area contributed by atoms with Gasteiger partial charge in [-0.05, 0) is 30.7 Å². The highest BCUT2D eigenvalue weighted by Gasteiger charge is 2.40. The normalized spacial score (nSPS) is 30.7. The smallest absolute Gasteiger partial charge is 0.267 e. The fourth-order valence-electron chi connectivity index (χ4n) is 3.64. The Balaban J connectivity index is 1.46. The van der Waals surface area contributed by atoms with Gasteiger partial charge in [0.1, 0.15) is 0 Å². The van der Waals surface area contributed by atoms with Gasteiger partial charge in [-0.15, -0.1) is 11.8 Å². The van der Waals surface area contributed by atoms with Gasteiger partial charge in [-0.25, -0.2) is 0 Å². The minimum absolute atomic E-state index is 0.0327. The lowest BCUT2D eigenvalue weighted by molar-refractivity contribution is -0.118. The molecule has 1 aliphatic carbocycles. The largest absolute Gasteiger partial charge is 0.372 e. The van der Waals surface area contributed by atoms with Crippen molar-refractivity contribution in [2.24, 2.45) is 0 Å². The molecule has 0 bridgehead atoms. The number of likely N-dealkylation sites (N-methyl/N-ethyl adjacent to an activating group) is 1. The van der Waals surface area contributed by atoms with Gasteiger partial charge in [-0.2, -0.15) is 0 Å². The Bertz CT molecular complexity index is 764. The molecule has 0 fully saturated rings. The topological polar surface area (TPSA) is 53.2 Å². The Hall–Kier alpha value is -1.14. The van der Waals surface area contributed by atoms with Gasteiger partial charge in [0, 0.05) is 0 Å².